The van der Waals surface area contributed by atoms with Crippen molar-refractivity contribution in [1.82, 2.24) is 5.32 Å². The molecule has 4 rings (SSSR count). The summed E-state index contributed by atoms with van der Waals surface area (Å²) in [5.74, 6) is 0.635. The van der Waals surface area contributed by atoms with E-state index in [1.807, 2.05) is 0 Å². The van der Waals surface area contributed by atoms with E-state index in [1.165, 1.54) is 0 Å². The Morgan fingerprint density at radius 2 is 1.97 bits per heavy atom. The molecule has 3 fully saturated rings. The number of alkyl halides is 3. The SMILES string of the molecule is COCCC(=O)N[C@@H]1C(C)(C)[C@@H]2C[C@@H]3[C@@H](c4ccc(C(F)(F)F)cc4)OCCC31C2. The standard InChI is InChI=1S/C23H30F3NO3/c1-21(2)16-12-17-19(14-4-6-15(7-5-14)23(24,25)26)30-11-9-22(17,13-16)20(21)27-18(28)8-10-29-3/h4-7,16-17,19-20H,8-13H2,1-3H3,(H,27,28)/t16-,17-,19-,20-,22?/m1/s1. The number of rotatable bonds is 5. The fraction of sp³-hybridized carbons (Fsp3) is 0.696. The molecule has 1 amide bonds. The molecule has 1 saturated heterocycles. The molecule has 166 valence electrons. The van der Waals surface area contributed by atoms with Gasteiger partial charge in [-0.05, 0) is 59.6 Å². The van der Waals surface area contributed by atoms with Crippen molar-refractivity contribution in [1.29, 1.82) is 0 Å². The lowest BCUT2D eigenvalue weighted by Gasteiger charge is -2.53. The minimum atomic E-state index is -4.35. The Kier molecular flexibility index (Phi) is 5.42. The Bertz CT molecular complexity index is 792. The molecule has 2 aliphatic carbocycles. The zero-order chi connectivity index (χ0) is 21.7. The van der Waals surface area contributed by atoms with Crippen molar-refractivity contribution in [2.75, 3.05) is 20.3 Å². The van der Waals surface area contributed by atoms with E-state index >= 15 is 0 Å². The van der Waals surface area contributed by atoms with E-state index in [-0.39, 0.29) is 34.8 Å². The number of halogens is 3. The summed E-state index contributed by atoms with van der Waals surface area (Å²) in [4.78, 5) is 12.5. The third-order valence-corrected chi connectivity index (χ3v) is 7.91. The lowest BCUT2D eigenvalue weighted by atomic mass is 9.59. The Morgan fingerprint density at radius 3 is 2.60 bits per heavy atom. The molecule has 1 aromatic carbocycles. The normalized spacial score (nSPS) is 34.6. The Morgan fingerprint density at radius 1 is 1.27 bits per heavy atom. The van der Waals surface area contributed by atoms with Crippen molar-refractivity contribution in [2.24, 2.45) is 22.7 Å². The second kappa shape index (κ2) is 7.52. The molecular formula is C23H30F3NO3. The summed E-state index contributed by atoms with van der Waals surface area (Å²) in [6, 6.07) is 5.41. The molecule has 4 nitrogen and oxygen atoms in total. The third-order valence-electron chi connectivity index (χ3n) is 7.91. The fourth-order valence-electron chi connectivity index (χ4n) is 6.41. The predicted octanol–water partition coefficient (Wildman–Crippen LogP) is 4.74. The molecule has 2 saturated carbocycles. The first-order chi connectivity index (χ1) is 14.1. The lowest BCUT2D eigenvalue weighted by molar-refractivity contribution is -0.138. The smallest absolute Gasteiger partial charge is 0.384 e. The van der Waals surface area contributed by atoms with Crippen LogP contribution in [0.4, 0.5) is 13.2 Å². The highest BCUT2D eigenvalue weighted by molar-refractivity contribution is 5.76. The number of carbonyl (C=O) groups is 1. The minimum Gasteiger partial charge on any atom is -0.384 e. The van der Waals surface area contributed by atoms with Crippen LogP contribution in [0.3, 0.4) is 0 Å². The molecule has 7 heteroatoms. The van der Waals surface area contributed by atoms with Gasteiger partial charge < -0.3 is 14.8 Å². The summed E-state index contributed by atoms with van der Waals surface area (Å²) in [6.45, 7) is 5.39. The number of hydrogen-bond donors (Lipinski definition) is 1. The minimum absolute atomic E-state index is 0.00632. The Hall–Kier alpha value is -1.60. The van der Waals surface area contributed by atoms with Gasteiger partial charge in [-0.15, -0.1) is 0 Å². The second-order valence-electron chi connectivity index (χ2n) is 9.70. The largest absolute Gasteiger partial charge is 0.416 e. The highest BCUT2D eigenvalue weighted by Crippen LogP contribution is 2.70. The van der Waals surface area contributed by atoms with E-state index in [0.717, 1.165) is 37.0 Å². The van der Waals surface area contributed by atoms with Gasteiger partial charge in [-0.25, -0.2) is 0 Å². The third kappa shape index (κ3) is 3.44. The molecule has 1 N–H and O–H groups in total. The quantitative estimate of drug-likeness (QED) is 0.741. The summed E-state index contributed by atoms with van der Waals surface area (Å²) in [7, 11) is 1.58. The van der Waals surface area contributed by atoms with Crippen LogP contribution in [0.1, 0.15) is 56.8 Å². The molecule has 1 aromatic rings. The van der Waals surface area contributed by atoms with Crippen molar-refractivity contribution in [3.05, 3.63) is 35.4 Å². The maximum atomic E-state index is 13.0. The molecule has 1 unspecified atom stereocenters. The number of methoxy groups -OCH3 is 1. The van der Waals surface area contributed by atoms with E-state index in [1.54, 1.807) is 19.2 Å². The topological polar surface area (TPSA) is 47.6 Å². The van der Waals surface area contributed by atoms with Crippen molar-refractivity contribution >= 4 is 5.91 Å². The van der Waals surface area contributed by atoms with Gasteiger partial charge in [0, 0.05) is 26.2 Å². The molecule has 0 radical (unpaired) electrons. The second-order valence-corrected chi connectivity index (χ2v) is 9.70. The van der Waals surface area contributed by atoms with Gasteiger partial charge in [-0.1, -0.05) is 26.0 Å². The van der Waals surface area contributed by atoms with Crippen LogP contribution in [-0.2, 0) is 20.4 Å². The maximum Gasteiger partial charge on any atom is 0.416 e. The summed E-state index contributed by atoms with van der Waals surface area (Å²) in [5.41, 5.74) is 0.0417. The van der Waals surface area contributed by atoms with Crippen LogP contribution in [-0.4, -0.2) is 32.3 Å². The monoisotopic (exact) mass is 425 g/mol. The average molecular weight is 425 g/mol. The van der Waals surface area contributed by atoms with Crippen molar-refractivity contribution in [2.45, 2.75) is 57.9 Å². The van der Waals surface area contributed by atoms with Crippen LogP contribution in [0.25, 0.3) is 0 Å². The van der Waals surface area contributed by atoms with Gasteiger partial charge in [0.2, 0.25) is 5.91 Å². The number of ether oxygens (including phenoxy) is 2. The summed E-state index contributed by atoms with van der Waals surface area (Å²) >= 11 is 0. The summed E-state index contributed by atoms with van der Waals surface area (Å²) in [6.07, 6.45) is -1.39. The maximum absolute atomic E-state index is 13.0. The molecule has 2 bridgehead atoms. The molecule has 1 spiro atoms. The zero-order valence-electron chi connectivity index (χ0n) is 17.7. The van der Waals surface area contributed by atoms with Gasteiger partial charge >= 0.3 is 6.18 Å². The number of hydrogen-bond acceptors (Lipinski definition) is 3. The van der Waals surface area contributed by atoms with Gasteiger partial charge in [0.15, 0.2) is 0 Å². The van der Waals surface area contributed by atoms with Crippen LogP contribution in [0.5, 0.6) is 0 Å². The van der Waals surface area contributed by atoms with Crippen LogP contribution in [0.15, 0.2) is 24.3 Å². The van der Waals surface area contributed by atoms with Crippen LogP contribution >= 0.6 is 0 Å². The molecular weight excluding hydrogens is 395 g/mol. The number of benzene rings is 1. The van der Waals surface area contributed by atoms with Crippen LogP contribution in [0.2, 0.25) is 0 Å². The highest BCUT2D eigenvalue weighted by Gasteiger charge is 2.68. The molecule has 1 heterocycles. The van der Waals surface area contributed by atoms with Gasteiger partial charge in [-0.2, -0.15) is 13.2 Å². The average Bonchev–Trinajstić information content (AvgIpc) is 3.18. The number of carbonyl (C=O) groups excluding carboxylic acids is 1. The zero-order valence-corrected chi connectivity index (χ0v) is 17.7. The highest BCUT2D eigenvalue weighted by atomic mass is 19.4. The van der Waals surface area contributed by atoms with Gasteiger partial charge in [-0.3, -0.25) is 4.79 Å². The van der Waals surface area contributed by atoms with Gasteiger partial charge in [0.25, 0.3) is 0 Å². The first-order valence-electron chi connectivity index (χ1n) is 10.7. The van der Waals surface area contributed by atoms with E-state index in [4.69, 9.17) is 9.47 Å². The number of fused-ring (bicyclic) bond motifs is 1. The fourth-order valence-corrected chi connectivity index (χ4v) is 6.41. The van der Waals surface area contributed by atoms with E-state index in [9.17, 15) is 18.0 Å². The molecule has 0 aromatic heterocycles. The molecule has 3 aliphatic rings. The molecule has 1 aliphatic heterocycles. The Balaban J connectivity index is 1.60. The van der Waals surface area contributed by atoms with Crippen LogP contribution in [0, 0.1) is 22.7 Å². The van der Waals surface area contributed by atoms with Crippen molar-refractivity contribution in [3.63, 3.8) is 0 Å². The van der Waals surface area contributed by atoms with Gasteiger partial charge in [0.05, 0.1) is 18.3 Å². The first kappa shape index (κ1) is 21.6. The van der Waals surface area contributed by atoms with Crippen LogP contribution < -0.4 is 5.32 Å². The molecule has 30 heavy (non-hydrogen) atoms. The molecule has 5 atom stereocenters. The summed E-state index contributed by atoms with van der Waals surface area (Å²) < 4.78 is 50.1. The lowest BCUT2D eigenvalue weighted by Crippen LogP contribution is -2.59. The van der Waals surface area contributed by atoms with Gasteiger partial charge in [0.1, 0.15) is 0 Å². The van der Waals surface area contributed by atoms with E-state index in [0.29, 0.717) is 25.6 Å². The Labute approximate surface area is 175 Å². The number of amides is 1. The van der Waals surface area contributed by atoms with E-state index < -0.39 is 11.7 Å². The van der Waals surface area contributed by atoms with E-state index in [2.05, 4.69) is 19.2 Å². The van der Waals surface area contributed by atoms with Crippen molar-refractivity contribution in [3.8, 4) is 0 Å². The summed E-state index contributed by atoms with van der Waals surface area (Å²) in [5, 5.41) is 3.30. The van der Waals surface area contributed by atoms with Crippen molar-refractivity contribution < 1.29 is 27.4 Å². The number of nitrogens with one attached hydrogen (secondary N) is 1. The first-order valence-corrected chi connectivity index (χ1v) is 10.7. The predicted molar refractivity (Wildman–Crippen MR) is 106 cm³/mol.